The molecule has 1 heterocycles. The summed E-state index contributed by atoms with van der Waals surface area (Å²) in [4.78, 5) is 0. The summed E-state index contributed by atoms with van der Waals surface area (Å²) in [7, 11) is -2.12. The van der Waals surface area contributed by atoms with Gasteiger partial charge in [0.2, 0.25) is 8.32 Å². The van der Waals surface area contributed by atoms with Gasteiger partial charge >= 0.3 is 0 Å². The molecule has 0 amide bonds. The predicted octanol–water partition coefficient (Wildman–Crippen LogP) is 6.42. The molecule has 1 aromatic rings. The Kier molecular flexibility index (Phi) is 8.26. The summed E-state index contributed by atoms with van der Waals surface area (Å²) in [5, 5.41) is 2.15. The first-order valence-corrected chi connectivity index (χ1v) is 15.1. The summed E-state index contributed by atoms with van der Waals surface area (Å²) < 4.78 is 25.9. The molecule has 0 radical (unpaired) electrons. The van der Waals surface area contributed by atoms with Crippen LogP contribution in [-0.4, -0.2) is 44.5 Å². The second-order valence-corrected chi connectivity index (χ2v) is 15.4. The largest absolute Gasteiger partial charge is 0.497 e. The first-order valence-electron chi connectivity index (χ1n) is 12.2. The van der Waals surface area contributed by atoms with Crippen molar-refractivity contribution in [3.05, 3.63) is 48.2 Å². The maximum atomic E-state index is 6.92. The van der Waals surface area contributed by atoms with Crippen molar-refractivity contribution in [1.29, 1.82) is 0 Å². The Morgan fingerprint density at radius 1 is 1.19 bits per heavy atom. The van der Waals surface area contributed by atoms with E-state index in [2.05, 4.69) is 69.8 Å². The van der Waals surface area contributed by atoms with Gasteiger partial charge in [-0.15, -0.1) is 0 Å². The zero-order valence-corrected chi connectivity index (χ0v) is 22.0. The minimum Gasteiger partial charge on any atom is -0.497 e. The van der Waals surface area contributed by atoms with E-state index in [1.165, 1.54) is 12.0 Å². The normalized spacial score (nSPS) is 22.3. The van der Waals surface area contributed by atoms with Crippen LogP contribution in [0.1, 0.15) is 65.4 Å². The highest BCUT2D eigenvalue weighted by Gasteiger charge is 2.49. The monoisotopic (exact) mass is 461 g/mol. The van der Waals surface area contributed by atoms with E-state index in [1.807, 2.05) is 13.0 Å². The standard InChI is InChI=1S/C26H43NO4Si/c1-8-28-21(2)24(23-20-29-26(30-23)17-13-10-14-18-26)27(19-22-15-11-9-12-16-22)31-32(6,7)25(3,4)5/h9,11-12,15-16,23-24H,2,8,10,13-14,17-20H2,1,3-7H3/t23-,24?/m1/s1. The lowest BCUT2D eigenvalue weighted by Gasteiger charge is -2.44. The number of hydrogen-bond acceptors (Lipinski definition) is 5. The maximum absolute atomic E-state index is 6.92. The van der Waals surface area contributed by atoms with Gasteiger partial charge in [0.1, 0.15) is 17.9 Å². The first-order chi connectivity index (χ1) is 15.1. The van der Waals surface area contributed by atoms with E-state index in [4.69, 9.17) is 18.7 Å². The van der Waals surface area contributed by atoms with E-state index in [1.54, 1.807) is 0 Å². The fourth-order valence-corrected chi connectivity index (χ4v) is 5.33. The molecule has 2 atom stereocenters. The van der Waals surface area contributed by atoms with Gasteiger partial charge in [-0.3, -0.25) is 0 Å². The van der Waals surface area contributed by atoms with Crippen LogP contribution < -0.4 is 0 Å². The molecule has 32 heavy (non-hydrogen) atoms. The van der Waals surface area contributed by atoms with Gasteiger partial charge in [-0.2, -0.15) is 5.06 Å². The van der Waals surface area contributed by atoms with Crippen molar-refractivity contribution in [3.63, 3.8) is 0 Å². The summed E-state index contributed by atoms with van der Waals surface area (Å²) in [5.41, 5.74) is 1.19. The zero-order chi connectivity index (χ0) is 23.4. The maximum Gasteiger partial charge on any atom is 0.220 e. The van der Waals surface area contributed by atoms with E-state index >= 15 is 0 Å². The smallest absolute Gasteiger partial charge is 0.220 e. The van der Waals surface area contributed by atoms with Gasteiger partial charge in [-0.25, -0.2) is 0 Å². The Morgan fingerprint density at radius 3 is 2.44 bits per heavy atom. The van der Waals surface area contributed by atoms with Gasteiger partial charge in [0, 0.05) is 19.4 Å². The van der Waals surface area contributed by atoms with Crippen LogP contribution in [-0.2, 0) is 25.3 Å². The second kappa shape index (κ2) is 10.4. The molecule has 5 nitrogen and oxygen atoms in total. The van der Waals surface area contributed by atoms with E-state index in [0.29, 0.717) is 25.5 Å². The number of hydrogen-bond donors (Lipinski definition) is 0. The zero-order valence-electron chi connectivity index (χ0n) is 21.0. The highest BCUT2D eigenvalue weighted by molar-refractivity contribution is 6.74. The van der Waals surface area contributed by atoms with Gasteiger partial charge in [-0.1, -0.05) is 64.1 Å². The molecule has 0 bridgehead atoms. The van der Waals surface area contributed by atoms with Crippen LogP contribution in [0.25, 0.3) is 0 Å². The van der Waals surface area contributed by atoms with Gasteiger partial charge in [-0.05, 0) is 43.5 Å². The third-order valence-electron chi connectivity index (χ3n) is 7.15. The molecule has 1 unspecified atom stereocenters. The van der Waals surface area contributed by atoms with Gasteiger partial charge in [0.25, 0.3) is 0 Å². The van der Waals surface area contributed by atoms with Crippen molar-refractivity contribution < 1.29 is 18.7 Å². The fourth-order valence-electron chi connectivity index (χ4n) is 4.29. The van der Waals surface area contributed by atoms with Crippen LogP contribution in [0.4, 0.5) is 0 Å². The number of hydroxylamine groups is 2. The van der Waals surface area contributed by atoms with Crippen LogP contribution in [0, 0.1) is 0 Å². The first kappa shape index (κ1) is 25.4. The quantitative estimate of drug-likeness (QED) is 0.241. The summed E-state index contributed by atoms with van der Waals surface area (Å²) in [6.45, 7) is 19.4. The Hall–Kier alpha value is -1.18. The molecule has 0 aromatic heterocycles. The molecule has 3 rings (SSSR count). The third kappa shape index (κ3) is 6.03. The predicted molar refractivity (Wildman–Crippen MR) is 131 cm³/mol. The van der Waals surface area contributed by atoms with Crippen LogP contribution in [0.3, 0.4) is 0 Å². The topological polar surface area (TPSA) is 40.2 Å². The van der Waals surface area contributed by atoms with Crippen molar-refractivity contribution in [3.8, 4) is 0 Å². The number of nitrogens with zero attached hydrogens (tertiary/aromatic N) is 1. The summed E-state index contributed by atoms with van der Waals surface area (Å²) >= 11 is 0. The van der Waals surface area contributed by atoms with Crippen molar-refractivity contribution in [2.24, 2.45) is 0 Å². The lowest BCUT2D eigenvalue weighted by molar-refractivity contribution is -0.208. The minimum atomic E-state index is -2.12. The van der Waals surface area contributed by atoms with E-state index in [0.717, 1.165) is 25.7 Å². The van der Waals surface area contributed by atoms with E-state index < -0.39 is 14.1 Å². The molecular formula is C26H43NO4Si. The second-order valence-electron chi connectivity index (χ2n) is 10.7. The highest BCUT2D eigenvalue weighted by atomic mass is 28.4. The lowest BCUT2D eigenvalue weighted by Crippen LogP contribution is -2.54. The molecule has 1 aliphatic heterocycles. The van der Waals surface area contributed by atoms with Crippen molar-refractivity contribution >= 4 is 8.32 Å². The van der Waals surface area contributed by atoms with Crippen molar-refractivity contribution in [2.75, 3.05) is 13.2 Å². The summed E-state index contributed by atoms with van der Waals surface area (Å²) in [5.74, 6) is 0.229. The van der Waals surface area contributed by atoms with E-state index in [9.17, 15) is 0 Å². The molecule has 1 saturated carbocycles. The Labute approximate surface area is 196 Å². The molecule has 2 aliphatic rings. The van der Waals surface area contributed by atoms with Crippen LogP contribution in [0.15, 0.2) is 42.7 Å². The molecule has 6 heteroatoms. The molecule has 0 N–H and O–H groups in total. The summed E-state index contributed by atoms with van der Waals surface area (Å²) in [6.07, 6.45) is 5.29. The number of ether oxygens (including phenoxy) is 3. The Balaban J connectivity index is 1.92. The SMILES string of the molecule is C=C(OCC)C([C@H]1COC2(CCCCC2)O1)N(Cc1ccccc1)O[Si](C)(C)C(C)(C)C. The molecule has 1 aromatic carbocycles. The Morgan fingerprint density at radius 2 is 1.84 bits per heavy atom. The molecule has 1 saturated heterocycles. The fraction of sp³-hybridized carbons (Fsp3) is 0.692. The Bertz CT molecular complexity index is 740. The van der Waals surface area contributed by atoms with E-state index in [-0.39, 0.29) is 17.2 Å². The van der Waals surface area contributed by atoms with Crippen LogP contribution >= 0.6 is 0 Å². The average molecular weight is 462 g/mol. The molecule has 180 valence electrons. The lowest BCUT2D eigenvalue weighted by atomic mass is 9.94. The van der Waals surface area contributed by atoms with Crippen LogP contribution in [0.2, 0.25) is 18.1 Å². The number of benzene rings is 1. The molecule has 1 aliphatic carbocycles. The third-order valence-corrected chi connectivity index (χ3v) is 11.5. The van der Waals surface area contributed by atoms with Gasteiger partial charge in [0.05, 0.1) is 13.2 Å². The minimum absolute atomic E-state index is 0.0665. The van der Waals surface area contributed by atoms with Gasteiger partial charge < -0.3 is 18.7 Å². The highest BCUT2D eigenvalue weighted by Crippen LogP contribution is 2.42. The molecular weight excluding hydrogens is 418 g/mol. The molecule has 1 spiro atoms. The van der Waals surface area contributed by atoms with Crippen LogP contribution in [0.5, 0.6) is 0 Å². The van der Waals surface area contributed by atoms with Crippen molar-refractivity contribution in [1.82, 2.24) is 5.06 Å². The van der Waals surface area contributed by atoms with Crippen molar-refractivity contribution in [2.45, 2.75) is 102 Å². The summed E-state index contributed by atoms with van der Waals surface area (Å²) in [6, 6.07) is 10.2. The average Bonchev–Trinajstić information content (AvgIpc) is 3.11. The van der Waals surface area contributed by atoms with Gasteiger partial charge in [0.15, 0.2) is 5.79 Å². The molecule has 2 fully saturated rings. The number of rotatable bonds is 9.